The summed E-state index contributed by atoms with van der Waals surface area (Å²) < 4.78 is 18.7. The summed E-state index contributed by atoms with van der Waals surface area (Å²) in [7, 11) is 0. The number of ether oxygens (including phenoxy) is 1. The maximum Gasteiger partial charge on any atom is 0.335 e. The molecule has 3 rings (SSSR count). The fraction of sp³-hybridized carbons (Fsp3) is 0.150. The fourth-order valence-corrected chi connectivity index (χ4v) is 2.84. The molecule has 28 heavy (non-hydrogen) atoms. The van der Waals surface area contributed by atoms with E-state index < -0.39 is 23.7 Å². The van der Waals surface area contributed by atoms with Crippen LogP contribution in [0.15, 0.2) is 48.0 Å². The van der Waals surface area contributed by atoms with Crippen LogP contribution in [0.5, 0.6) is 5.75 Å². The molecule has 1 saturated heterocycles. The highest BCUT2D eigenvalue weighted by molar-refractivity contribution is 6.39. The van der Waals surface area contributed by atoms with E-state index in [9.17, 15) is 18.8 Å². The van der Waals surface area contributed by atoms with Crippen LogP contribution in [0.4, 0.5) is 14.9 Å². The van der Waals surface area contributed by atoms with Crippen LogP contribution in [0.2, 0.25) is 5.02 Å². The molecule has 0 aliphatic carbocycles. The minimum absolute atomic E-state index is 0.0670. The molecule has 2 aromatic rings. The van der Waals surface area contributed by atoms with Gasteiger partial charge in [0.05, 0.1) is 16.8 Å². The van der Waals surface area contributed by atoms with Crippen LogP contribution >= 0.6 is 11.6 Å². The molecule has 0 aromatic heterocycles. The summed E-state index contributed by atoms with van der Waals surface area (Å²) in [5, 5.41) is 2.42. The van der Waals surface area contributed by atoms with E-state index >= 15 is 0 Å². The Morgan fingerprint density at radius 3 is 2.39 bits per heavy atom. The van der Waals surface area contributed by atoms with Gasteiger partial charge in [-0.1, -0.05) is 17.7 Å². The molecule has 6 nitrogen and oxygen atoms in total. The van der Waals surface area contributed by atoms with Gasteiger partial charge in [-0.25, -0.2) is 14.1 Å². The molecule has 0 bridgehead atoms. The highest BCUT2D eigenvalue weighted by Crippen LogP contribution is 2.28. The zero-order valence-corrected chi connectivity index (χ0v) is 15.8. The maximum atomic E-state index is 13.1. The zero-order valence-electron chi connectivity index (χ0n) is 15.0. The van der Waals surface area contributed by atoms with Crippen molar-refractivity contribution in [3.8, 4) is 5.75 Å². The molecular formula is C20H16ClFN2O4. The molecule has 0 spiro atoms. The third-order valence-electron chi connectivity index (χ3n) is 3.82. The van der Waals surface area contributed by atoms with Crippen molar-refractivity contribution in [2.45, 2.75) is 20.0 Å². The number of carbonyl (C=O) groups is 3. The molecule has 8 heteroatoms. The molecule has 0 atom stereocenters. The van der Waals surface area contributed by atoms with Crippen molar-refractivity contribution < 1.29 is 23.5 Å². The molecule has 0 radical (unpaired) electrons. The van der Waals surface area contributed by atoms with Gasteiger partial charge in [0.25, 0.3) is 11.8 Å². The average Bonchev–Trinajstić information content (AvgIpc) is 2.62. The van der Waals surface area contributed by atoms with E-state index in [1.54, 1.807) is 18.2 Å². The topological polar surface area (TPSA) is 75.7 Å². The fourth-order valence-electron chi connectivity index (χ4n) is 2.61. The van der Waals surface area contributed by atoms with Crippen molar-refractivity contribution in [3.05, 3.63) is 64.4 Å². The van der Waals surface area contributed by atoms with Gasteiger partial charge in [-0.05, 0) is 61.9 Å². The molecule has 144 valence electrons. The number of imide groups is 2. The molecule has 0 saturated carbocycles. The number of hydrogen-bond acceptors (Lipinski definition) is 4. The second kappa shape index (κ2) is 7.82. The number of urea groups is 1. The number of halogens is 2. The number of rotatable bonds is 4. The Labute approximate surface area is 165 Å². The predicted molar refractivity (Wildman–Crippen MR) is 103 cm³/mol. The normalized spacial score (nSPS) is 16.0. The standard InChI is InChI=1S/C20H16ClFN2O4/c1-11(2)28-17-8-3-12(10-16(17)21)9-15-18(25)23-20(27)24(19(15)26)14-6-4-13(22)5-7-14/h3-11H,1-2H3,(H,23,25,27)/b15-9-. The summed E-state index contributed by atoms with van der Waals surface area (Å²) in [6, 6.07) is 8.68. The number of amides is 4. The molecule has 1 N–H and O–H groups in total. The van der Waals surface area contributed by atoms with Crippen molar-refractivity contribution in [1.29, 1.82) is 0 Å². The summed E-state index contributed by atoms with van der Waals surface area (Å²) in [6.45, 7) is 3.72. The second-order valence-electron chi connectivity index (χ2n) is 6.29. The van der Waals surface area contributed by atoms with Gasteiger partial charge in [0.1, 0.15) is 17.1 Å². The van der Waals surface area contributed by atoms with Gasteiger partial charge < -0.3 is 4.74 Å². The molecule has 2 aromatic carbocycles. The summed E-state index contributed by atoms with van der Waals surface area (Å²) in [5.74, 6) is -1.69. The Kier molecular flexibility index (Phi) is 5.46. The van der Waals surface area contributed by atoms with Crippen LogP contribution < -0.4 is 15.0 Å². The van der Waals surface area contributed by atoms with Gasteiger partial charge in [-0.3, -0.25) is 14.9 Å². The van der Waals surface area contributed by atoms with Crippen molar-refractivity contribution in [2.24, 2.45) is 0 Å². The summed E-state index contributed by atoms with van der Waals surface area (Å²) >= 11 is 6.19. The first-order chi connectivity index (χ1) is 13.3. The Morgan fingerprint density at radius 1 is 1.11 bits per heavy atom. The lowest BCUT2D eigenvalue weighted by molar-refractivity contribution is -0.122. The van der Waals surface area contributed by atoms with E-state index in [0.717, 1.165) is 17.0 Å². The first kappa shape index (κ1) is 19.6. The molecule has 1 aliphatic heterocycles. The highest BCUT2D eigenvalue weighted by Gasteiger charge is 2.36. The molecule has 1 fully saturated rings. The van der Waals surface area contributed by atoms with Crippen LogP contribution in [0.25, 0.3) is 6.08 Å². The number of benzene rings is 2. The lowest BCUT2D eigenvalue weighted by atomic mass is 10.1. The van der Waals surface area contributed by atoms with E-state index in [1.165, 1.54) is 18.2 Å². The van der Waals surface area contributed by atoms with Crippen LogP contribution in [0, 0.1) is 5.82 Å². The largest absolute Gasteiger partial charge is 0.489 e. The molecule has 1 aliphatic rings. The molecular weight excluding hydrogens is 387 g/mol. The average molecular weight is 403 g/mol. The summed E-state index contributed by atoms with van der Waals surface area (Å²) in [4.78, 5) is 37.8. The van der Waals surface area contributed by atoms with E-state index in [0.29, 0.717) is 16.3 Å². The van der Waals surface area contributed by atoms with Crippen LogP contribution in [-0.2, 0) is 9.59 Å². The van der Waals surface area contributed by atoms with E-state index in [1.807, 2.05) is 13.8 Å². The summed E-state index contributed by atoms with van der Waals surface area (Å²) in [6.07, 6.45) is 1.26. The molecule has 0 unspecified atom stereocenters. The van der Waals surface area contributed by atoms with Gasteiger partial charge in [0, 0.05) is 0 Å². The summed E-state index contributed by atoms with van der Waals surface area (Å²) in [5.41, 5.74) is 0.367. The number of hydrogen-bond donors (Lipinski definition) is 1. The number of nitrogens with zero attached hydrogens (tertiary/aromatic N) is 1. The van der Waals surface area contributed by atoms with Crippen LogP contribution in [0.3, 0.4) is 0 Å². The predicted octanol–water partition coefficient (Wildman–Crippen LogP) is 3.93. The third kappa shape index (κ3) is 4.04. The SMILES string of the molecule is CC(C)Oc1ccc(/C=C2/C(=O)NC(=O)N(c3ccc(F)cc3)C2=O)cc1Cl. The number of nitrogens with one attached hydrogen (secondary N) is 1. The van der Waals surface area contributed by atoms with Crippen molar-refractivity contribution in [2.75, 3.05) is 4.90 Å². The highest BCUT2D eigenvalue weighted by atomic mass is 35.5. The van der Waals surface area contributed by atoms with Crippen LogP contribution in [-0.4, -0.2) is 23.9 Å². The minimum atomic E-state index is -0.905. The second-order valence-corrected chi connectivity index (χ2v) is 6.70. The number of barbiturate groups is 1. The molecule has 1 heterocycles. The number of anilines is 1. The maximum absolute atomic E-state index is 13.1. The minimum Gasteiger partial charge on any atom is -0.489 e. The monoisotopic (exact) mass is 402 g/mol. The first-order valence-corrected chi connectivity index (χ1v) is 8.77. The van der Waals surface area contributed by atoms with Crippen LogP contribution in [0.1, 0.15) is 19.4 Å². The van der Waals surface area contributed by atoms with Gasteiger partial charge in [-0.2, -0.15) is 0 Å². The Balaban J connectivity index is 1.95. The Hall–Kier alpha value is -3.19. The van der Waals surface area contributed by atoms with Gasteiger partial charge in [-0.15, -0.1) is 0 Å². The lowest BCUT2D eigenvalue weighted by Crippen LogP contribution is -2.54. The van der Waals surface area contributed by atoms with Gasteiger partial charge in [0.15, 0.2) is 0 Å². The smallest absolute Gasteiger partial charge is 0.335 e. The van der Waals surface area contributed by atoms with E-state index in [4.69, 9.17) is 16.3 Å². The van der Waals surface area contributed by atoms with E-state index in [2.05, 4.69) is 5.32 Å². The number of carbonyl (C=O) groups excluding carboxylic acids is 3. The lowest BCUT2D eigenvalue weighted by Gasteiger charge is -2.26. The van der Waals surface area contributed by atoms with Gasteiger partial charge in [0.2, 0.25) is 0 Å². The zero-order chi connectivity index (χ0) is 20.4. The van der Waals surface area contributed by atoms with E-state index in [-0.39, 0.29) is 17.4 Å². The third-order valence-corrected chi connectivity index (χ3v) is 4.11. The van der Waals surface area contributed by atoms with Gasteiger partial charge >= 0.3 is 6.03 Å². The van der Waals surface area contributed by atoms with Crippen molar-refractivity contribution >= 4 is 41.2 Å². The first-order valence-electron chi connectivity index (χ1n) is 8.39. The van der Waals surface area contributed by atoms with Crippen molar-refractivity contribution in [3.63, 3.8) is 0 Å². The quantitative estimate of drug-likeness (QED) is 0.621. The Morgan fingerprint density at radius 2 is 1.79 bits per heavy atom. The molecule has 4 amide bonds. The Bertz CT molecular complexity index is 986. The van der Waals surface area contributed by atoms with Crippen molar-refractivity contribution in [1.82, 2.24) is 5.32 Å².